The maximum Gasteiger partial charge on any atom is 0.319 e. The first-order chi connectivity index (χ1) is 14.0. The van der Waals surface area contributed by atoms with Crippen molar-refractivity contribution in [3.8, 4) is 0 Å². The van der Waals surface area contributed by atoms with Gasteiger partial charge in [0.15, 0.2) is 0 Å². The Morgan fingerprint density at radius 1 is 1.03 bits per heavy atom. The number of carbonyl (C=O) groups is 2. The Labute approximate surface area is 173 Å². The van der Waals surface area contributed by atoms with E-state index in [9.17, 15) is 9.59 Å². The molecule has 3 N–H and O–H groups in total. The Morgan fingerprint density at radius 2 is 1.69 bits per heavy atom. The van der Waals surface area contributed by atoms with Gasteiger partial charge in [-0.15, -0.1) is 17.9 Å². The molecular weight excluding hydrogens is 384 g/mol. The highest BCUT2D eigenvalue weighted by Gasteiger charge is 2.16. The lowest BCUT2D eigenvalue weighted by molar-refractivity contribution is 0.103. The Balaban J connectivity index is 1.61. The number of amides is 3. The highest BCUT2D eigenvalue weighted by molar-refractivity contribution is 7.14. The molecule has 29 heavy (non-hydrogen) atoms. The molecule has 0 spiro atoms. The second kappa shape index (κ2) is 9.66. The number of nitrogens with one attached hydrogen (secondary N) is 3. The van der Waals surface area contributed by atoms with E-state index in [2.05, 4.69) is 27.5 Å². The first kappa shape index (κ1) is 20.3. The quantitative estimate of drug-likeness (QED) is 0.501. The molecular formula is C22H22N4O2S. The predicted molar refractivity (Wildman–Crippen MR) is 118 cm³/mol. The molecule has 1 heterocycles. The van der Waals surface area contributed by atoms with Crippen molar-refractivity contribution in [1.82, 2.24) is 10.3 Å². The van der Waals surface area contributed by atoms with Crippen molar-refractivity contribution < 1.29 is 9.59 Å². The summed E-state index contributed by atoms with van der Waals surface area (Å²) in [6, 6.07) is 16.7. The zero-order chi connectivity index (χ0) is 20.6. The fourth-order valence-corrected chi connectivity index (χ4v) is 3.67. The standard InChI is InChI=1S/C22H22N4O2S/c1-3-13-23-22(28)26-18-11-9-17(10-12-18)25-21(27)20-15(2)24-19(29-20)14-16-7-5-4-6-8-16/h3-12H,1,13-14H2,2H3,(H,25,27)(H2,23,26,28). The van der Waals surface area contributed by atoms with Crippen LogP contribution in [0.1, 0.15) is 25.9 Å². The van der Waals surface area contributed by atoms with Gasteiger partial charge in [-0.05, 0) is 36.8 Å². The van der Waals surface area contributed by atoms with Gasteiger partial charge in [0.05, 0.1) is 10.7 Å². The van der Waals surface area contributed by atoms with Crippen LogP contribution in [0, 0.1) is 6.92 Å². The molecule has 0 aliphatic heterocycles. The molecule has 0 atom stereocenters. The molecule has 0 saturated heterocycles. The highest BCUT2D eigenvalue weighted by atomic mass is 32.1. The van der Waals surface area contributed by atoms with E-state index < -0.39 is 0 Å². The van der Waals surface area contributed by atoms with Crippen molar-refractivity contribution in [1.29, 1.82) is 0 Å². The summed E-state index contributed by atoms with van der Waals surface area (Å²) in [5.41, 5.74) is 3.15. The summed E-state index contributed by atoms with van der Waals surface area (Å²) in [7, 11) is 0. The number of benzene rings is 2. The number of carbonyl (C=O) groups excluding carboxylic acids is 2. The van der Waals surface area contributed by atoms with E-state index in [-0.39, 0.29) is 11.9 Å². The molecule has 0 unspecified atom stereocenters. The SMILES string of the molecule is C=CCNC(=O)Nc1ccc(NC(=O)c2sc(Cc3ccccc3)nc2C)cc1. The van der Waals surface area contributed by atoms with Gasteiger partial charge in [-0.1, -0.05) is 36.4 Å². The summed E-state index contributed by atoms with van der Waals surface area (Å²) >= 11 is 1.40. The molecule has 0 saturated carbocycles. The Hall–Kier alpha value is -3.45. The third kappa shape index (κ3) is 5.76. The molecule has 3 amide bonds. The van der Waals surface area contributed by atoms with Crippen molar-refractivity contribution in [2.24, 2.45) is 0 Å². The van der Waals surface area contributed by atoms with Crippen molar-refractivity contribution >= 4 is 34.6 Å². The van der Waals surface area contributed by atoms with Crippen LogP contribution in [-0.4, -0.2) is 23.5 Å². The monoisotopic (exact) mass is 406 g/mol. The number of nitrogens with zero attached hydrogens (tertiary/aromatic N) is 1. The number of aromatic nitrogens is 1. The lowest BCUT2D eigenvalue weighted by atomic mass is 10.2. The molecule has 7 heteroatoms. The van der Waals surface area contributed by atoms with Crippen LogP contribution in [0.4, 0.5) is 16.2 Å². The van der Waals surface area contributed by atoms with Crippen molar-refractivity contribution in [2.75, 3.05) is 17.2 Å². The Morgan fingerprint density at radius 3 is 2.34 bits per heavy atom. The number of hydrogen-bond acceptors (Lipinski definition) is 4. The molecule has 3 aromatic rings. The summed E-state index contributed by atoms with van der Waals surface area (Å²) in [5, 5.41) is 9.13. The first-order valence-corrected chi connectivity index (χ1v) is 9.94. The van der Waals surface area contributed by atoms with Crippen LogP contribution in [0.25, 0.3) is 0 Å². The fourth-order valence-electron chi connectivity index (χ4n) is 2.67. The number of urea groups is 1. The van der Waals surface area contributed by atoms with Crippen LogP contribution in [0.5, 0.6) is 0 Å². The first-order valence-electron chi connectivity index (χ1n) is 9.12. The molecule has 0 aliphatic rings. The minimum atomic E-state index is -0.312. The fraction of sp³-hybridized carbons (Fsp3) is 0.136. The molecule has 0 fully saturated rings. The van der Waals surface area contributed by atoms with Gasteiger partial charge < -0.3 is 16.0 Å². The minimum absolute atomic E-state index is 0.191. The number of aryl methyl sites for hydroxylation is 1. The second-order valence-corrected chi connectivity index (χ2v) is 7.42. The Bertz CT molecular complexity index is 997. The molecule has 0 aliphatic carbocycles. The zero-order valence-corrected chi connectivity index (χ0v) is 16.9. The van der Waals surface area contributed by atoms with Gasteiger partial charge in [-0.3, -0.25) is 4.79 Å². The zero-order valence-electron chi connectivity index (χ0n) is 16.1. The lowest BCUT2D eigenvalue weighted by Crippen LogP contribution is -2.28. The molecule has 3 rings (SSSR count). The largest absolute Gasteiger partial charge is 0.334 e. The van der Waals surface area contributed by atoms with E-state index in [1.54, 1.807) is 30.3 Å². The van der Waals surface area contributed by atoms with Gasteiger partial charge in [0.25, 0.3) is 5.91 Å². The van der Waals surface area contributed by atoms with Gasteiger partial charge in [-0.2, -0.15) is 0 Å². The molecule has 148 valence electrons. The van der Waals surface area contributed by atoms with Crippen LogP contribution in [0.2, 0.25) is 0 Å². The minimum Gasteiger partial charge on any atom is -0.334 e. The third-order valence-corrected chi connectivity index (χ3v) is 5.21. The maximum absolute atomic E-state index is 12.7. The van der Waals surface area contributed by atoms with Gasteiger partial charge in [-0.25, -0.2) is 9.78 Å². The second-order valence-electron chi connectivity index (χ2n) is 6.34. The summed E-state index contributed by atoms with van der Waals surface area (Å²) in [4.78, 5) is 29.4. The van der Waals surface area contributed by atoms with Gasteiger partial charge in [0, 0.05) is 24.3 Å². The van der Waals surface area contributed by atoms with Crippen LogP contribution in [0.3, 0.4) is 0 Å². The maximum atomic E-state index is 12.7. The molecule has 1 aromatic heterocycles. The van der Waals surface area contributed by atoms with Crippen LogP contribution in [-0.2, 0) is 6.42 Å². The number of rotatable bonds is 7. The molecule has 6 nitrogen and oxygen atoms in total. The highest BCUT2D eigenvalue weighted by Crippen LogP contribution is 2.22. The molecule has 0 radical (unpaired) electrons. The van der Waals surface area contributed by atoms with Crippen LogP contribution in [0.15, 0.2) is 67.3 Å². The van der Waals surface area contributed by atoms with E-state index >= 15 is 0 Å². The van der Waals surface area contributed by atoms with Gasteiger partial charge in [0.1, 0.15) is 4.88 Å². The van der Waals surface area contributed by atoms with E-state index in [4.69, 9.17) is 0 Å². The average molecular weight is 407 g/mol. The number of thiazole rings is 1. The van der Waals surface area contributed by atoms with Crippen molar-refractivity contribution in [3.05, 3.63) is 88.4 Å². The van der Waals surface area contributed by atoms with E-state index in [1.165, 1.54) is 11.3 Å². The van der Waals surface area contributed by atoms with Crippen LogP contribution < -0.4 is 16.0 Å². The van der Waals surface area contributed by atoms with Gasteiger partial charge in [0.2, 0.25) is 0 Å². The summed E-state index contributed by atoms with van der Waals surface area (Å²) in [6.45, 7) is 5.78. The average Bonchev–Trinajstić information content (AvgIpc) is 3.09. The summed E-state index contributed by atoms with van der Waals surface area (Å²) in [6.07, 6.45) is 2.30. The molecule has 0 bridgehead atoms. The topological polar surface area (TPSA) is 83.1 Å². The summed E-state index contributed by atoms with van der Waals surface area (Å²) in [5.74, 6) is -0.191. The van der Waals surface area contributed by atoms with Crippen LogP contribution >= 0.6 is 11.3 Å². The van der Waals surface area contributed by atoms with Gasteiger partial charge >= 0.3 is 6.03 Å². The van der Waals surface area contributed by atoms with Crippen molar-refractivity contribution in [3.63, 3.8) is 0 Å². The third-order valence-electron chi connectivity index (χ3n) is 4.05. The van der Waals surface area contributed by atoms with Crippen molar-refractivity contribution in [2.45, 2.75) is 13.3 Å². The predicted octanol–water partition coefficient (Wildman–Crippen LogP) is 4.60. The van der Waals surface area contributed by atoms with E-state index in [0.29, 0.717) is 29.2 Å². The normalized spacial score (nSPS) is 10.2. The Kier molecular flexibility index (Phi) is 6.76. The molecule has 2 aromatic carbocycles. The number of hydrogen-bond donors (Lipinski definition) is 3. The lowest BCUT2D eigenvalue weighted by Gasteiger charge is -2.08. The summed E-state index contributed by atoms with van der Waals surface area (Å²) < 4.78 is 0. The van der Waals surface area contributed by atoms with E-state index in [1.807, 2.05) is 37.3 Å². The smallest absolute Gasteiger partial charge is 0.319 e. The number of anilines is 2. The van der Waals surface area contributed by atoms with E-state index in [0.717, 1.165) is 16.3 Å².